The number of hydrogen-bond acceptors (Lipinski definition) is 2. The second-order valence-corrected chi connectivity index (χ2v) is 3.69. The van der Waals surface area contributed by atoms with Crippen LogP contribution in [0.15, 0.2) is 36.2 Å². The van der Waals surface area contributed by atoms with Crippen molar-refractivity contribution in [1.82, 2.24) is 10.3 Å². The lowest BCUT2D eigenvalue weighted by Gasteiger charge is -2.12. The van der Waals surface area contributed by atoms with Gasteiger partial charge in [-0.15, -0.1) is 0 Å². The van der Waals surface area contributed by atoms with E-state index in [2.05, 4.69) is 37.1 Å². The van der Waals surface area contributed by atoms with Gasteiger partial charge >= 0.3 is 0 Å². The molecule has 0 radical (unpaired) electrons. The predicted octanol–water partition coefficient (Wildman–Crippen LogP) is 2.70. The Labute approximate surface area is 86.1 Å². The third kappa shape index (κ3) is 3.71. The van der Waals surface area contributed by atoms with Gasteiger partial charge in [0.15, 0.2) is 0 Å². The first-order valence-electron chi connectivity index (χ1n) is 4.97. The molecule has 14 heavy (non-hydrogen) atoms. The fourth-order valence-electron chi connectivity index (χ4n) is 1.21. The summed E-state index contributed by atoms with van der Waals surface area (Å²) in [5, 5.41) is 3.43. The van der Waals surface area contributed by atoms with Gasteiger partial charge in [-0.2, -0.15) is 0 Å². The highest BCUT2D eigenvalue weighted by Crippen LogP contribution is 2.09. The number of hydrogen-bond donors (Lipinski definition) is 1. The fraction of sp³-hybridized carbons (Fsp3) is 0.417. The minimum absolute atomic E-state index is 0.383. The van der Waals surface area contributed by atoms with Crippen molar-refractivity contribution in [3.05, 3.63) is 41.7 Å². The Hall–Kier alpha value is -1.15. The quantitative estimate of drug-likeness (QED) is 0.738. The maximum absolute atomic E-state index is 4.00. The van der Waals surface area contributed by atoms with Crippen molar-refractivity contribution in [2.24, 2.45) is 0 Å². The topological polar surface area (TPSA) is 24.9 Å². The Morgan fingerprint density at radius 3 is 2.64 bits per heavy atom. The highest BCUT2D eigenvalue weighted by molar-refractivity contribution is 5.14. The molecule has 0 spiro atoms. The first kappa shape index (κ1) is 10.9. The molecule has 1 heterocycles. The molecule has 0 bridgehead atoms. The van der Waals surface area contributed by atoms with Crippen LogP contribution in [0.25, 0.3) is 0 Å². The molecule has 0 amide bonds. The molecule has 1 atom stereocenters. The van der Waals surface area contributed by atoms with Gasteiger partial charge in [0.1, 0.15) is 0 Å². The Morgan fingerprint density at radius 1 is 1.43 bits per heavy atom. The number of nitrogens with zero attached hydrogens (tertiary/aromatic N) is 1. The van der Waals surface area contributed by atoms with Gasteiger partial charge in [0.25, 0.3) is 0 Å². The first-order valence-corrected chi connectivity index (χ1v) is 4.97. The predicted molar refractivity (Wildman–Crippen MR) is 60.1 cm³/mol. The molecule has 0 fully saturated rings. The molecule has 0 saturated carbocycles. The monoisotopic (exact) mass is 190 g/mol. The molecule has 1 rings (SSSR count). The van der Waals surface area contributed by atoms with Crippen molar-refractivity contribution >= 4 is 0 Å². The van der Waals surface area contributed by atoms with Crippen LogP contribution in [-0.4, -0.2) is 11.5 Å². The number of rotatable bonds is 4. The average molecular weight is 190 g/mol. The zero-order valence-electron chi connectivity index (χ0n) is 9.12. The van der Waals surface area contributed by atoms with Crippen LogP contribution in [0.2, 0.25) is 0 Å². The van der Waals surface area contributed by atoms with Crippen LogP contribution >= 0.6 is 0 Å². The Morgan fingerprint density at radius 2 is 2.07 bits per heavy atom. The van der Waals surface area contributed by atoms with Crippen LogP contribution in [0.1, 0.15) is 32.4 Å². The Bertz CT molecular complexity index is 286. The molecule has 0 aromatic carbocycles. The van der Waals surface area contributed by atoms with E-state index >= 15 is 0 Å². The van der Waals surface area contributed by atoms with E-state index in [9.17, 15) is 0 Å². The third-order valence-electron chi connectivity index (χ3n) is 2.14. The average Bonchev–Trinajstić information content (AvgIpc) is 2.18. The van der Waals surface area contributed by atoms with Gasteiger partial charge in [0.05, 0.1) is 0 Å². The van der Waals surface area contributed by atoms with E-state index in [0.29, 0.717) is 6.04 Å². The molecule has 2 heteroatoms. The van der Waals surface area contributed by atoms with Crippen LogP contribution < -0.4 is 5.32 Å². The van der Waals surface area contributed by atoms with Crippen LogP contribution in [0.4, 0.5) is 0 Å². The maximum Gasteiger partial charge on any atom is 0.0295 e. The lowest BCUT2D eigenvalue weighted by atomic mass is 10.1. The van der Waals surface area contributed by atoms with Crippen molar-refractivity contribution in [3.63, 3.8) is 0 Å². The Kier molecular flexibility index (Phi) is 4.33. The van der Waals surface area contributed by atoms with Crippen LogP contribution in [0.3, 0.4) is 0 Å². The molecule has 0 aliphatic carbocycles. The zero-order chi connectivity index (χ0) is 10.4. The lowest BCUT2D eigenvalue weighted by Crippen LogP contribution is -2.18. The molecule has 1 N–H and O–H groups in total. The van der Waals surface area contributed by atoms with E-state index in [1.165, 1.54) is 11.1 Å². The number of nitrogens with one attached hydrogen (secondary N) is 1. The van der Waals surface area contributed by atoms with Gasteiger partial charge in [0.2, 0.25) is 0 Å². The van der Waals surface area contributed by atoms with Gasteiger partial charge in [0, 0.05) is 25.0 Å². The van der Waals surface area contributed by atoms with Crippen molar-refractivity contribution < 1.29 is 0 Å². The molecular formula is C12H18N2. The third-order valence-corrected chi connectivity index (χ3v) is 2.14. The molecule has 1 aromatic heterocycles. The van der Waals surface area contributed by atoms with E-state index in [1.807, 2.05) is 24.5 Å². The van der Waals surface area contributed by atoms with Crippen LogP contribution in [0, 0.1) is 0 Å². The van der Waals surface area contributed by atoms with Gasteiger partial charge in [-0.3, -0.25) is 4.98 Å². The maximum atomic E-state index is 4.00. The number of pyridine rings is 1. The van der Waals surface area contributed by atoms with Crippen molar-refractivity contribution in [1.29, 1.82) is 0 Å². The van der Waals surface area contributed by atoms with Crippen LogP contribution in [0.5, 0.6) is 0 Å². The second-order valence-electron chi connectivity index (χ2n) is 3.69. The largest absolute Gasteiger partial charge is 0.307 e. The van der Waals surface area contributed by atoms with Crippen LogP contribution in [-0.2, 0) is 0 Å². The SMILES string of the molecule is CC(C)=CCN[C@@H](C)c1ccncc1. The molecule has 76 valence electrons. The highest BCUT2D eigenvalue weighted by Gasteiger charge is 2.01. The smallest absolute Gasteiger partial charge is 0.0295 e. The minimum atomic E-state index is 0.383. The van der Waals surface area contributed by atoms with E-state index in [4.69, 9.17) is 0 Å². The van der Waals surface area contributed by atoms with Gasteiger partial charge in [-0.1, -0.05) is 11.6 Å². The first-order chi connectivity index (χ1) is 6.70. The molecule has 0 unspecified atom stereocenters. The number of allylic oxidation sites excluding steroid dienone is 1. The number of aromatic nitrogens is 1. The molecule has 0 saturated heterocycles. The standard InChI is InChI=1S/C12H18N2/c1-10(2)4-9-14-11(3)12-5-7-13-8-6-12/h4-8,11,14H,9H2,1-3H3/t11-/m0/s1. The zero-order valence-corrected chi connectivity index (χ0v) is 9.12. The van der Waals surface area contributed by atoms with Gasteiger partial charge in [-0.25, -0.2) is 0 Å². The molecule has 1 aromatic rings. The van der Waals surface area contributed by atoms with E-state index < -0.39 is 0 Å². The van der Waals surface area contributed by atoms with E-state index in [-0.39, 0.29) is 0 Å². The molecule has 2 nitrogen and oxygen atoms in total. The Balaban J connectivity index is 2.43. The summed E-state index contributed by atoms with van der Waals surface area (Å²) in [6.07, 6.45) is 5.85. The van der Waals surface area contributed by atoms with Gasteiger partial charge in [-0.05, 0) is 38.5 Å². The van der Waals surface area contributed by atoms with E-state index in [0.717, 1.165) is 6.54 Å². The summed E-state index contributed by atoms with van der Waals surface area (Å²) in [6.45, 7) is 7.30. The van der Waals surface area contributed by atoms with Gasteiger partial charge < -0.3 is 5.32 Å². The molecule has 0 aliphatic heterocycles. The summed E-state index contributed by atoms with van der Waals surface area (Å²) < 4.78 is 0. The minimum Gasteiger partial charge on any atom is -0.307 e. The second kappa shape index (κ2) is 5.55. The molecular weight excluding hydrogens is 172 g/mol. The summed E-state index contributed by atoms with van der Waals surface area (Å²) in [4.78, 5) is 4.00. The fourth-order valence-corrected chi connectivity index (χ4v) is 1.21. The normalized spacial score (nSPS) is 12.2. The summed E-state index contributed by atoms with van der Waals surface area (Å²) in [5.41, 5.74) is 2.63. The summed E-state index contributed by atoms with van der Waals surface area (Å²) >= 11 is 0. The van der Waals surface area contributed by atoms with E-state index in [1.54, 1.807) is 0 Å². The van der Waals surface area contributed by atoms with Crippen molar-refractivity contribution in [2.75, 3.05) is 6.54 Å². The van der Waals surface area contributed by atoms with Crippen molar-refractivity contribution in [3.8, 4) is 0 Å². The summed E-state index contributed by atoms with van der Waals surface area (Å²) in [7, 11) is 0. The lowest BCUT2D eigenvalue weighted by molar-refractivity contribution is 0.615. The highest BCUT2D eigenvalue weighted by atomic mass is 14.9. The molecule has 0 aliphatic rings. The van der Waals surface area contributed by atoms with Crippen molar-refractivity contribution in [2.45, 2.75) is 26.8 Å². The summed E-state index contributed by atoms with van der Waals surface area (Å²) in [5.74, 6) is 0. The summed E-state index contributed by atoms with van der Waals surface area (Å²) in [6, 6.07) is 4.47.